The second-order valence-electron chi connectivity index (χ2n) is 3.84. The van der Waals surface area contributed by atoms with Crippen LogP contribution in [0.5, 0.6) is 0 Å². The zero-order valence-corrected chi connectivity index (χ0v) is 10.2. The molecule has 2 atom stereocenters. The lowest BCUT2D eigenvalue weighted by molar-refractivity contribution is -0.136. The van der Waals surface area contributed by atoms with E-state index in [1.165, 1.54) is 0 Å². The Kier molecular flexibility index (Phi) is 5.47. The SMILES string of the molecule is O=C(O)Cc1ccc(C(O)C(O)CCS)cc1. The molecule has 94 valence electrons. The summed E-state index contributed by atoms with van der Waals surface area (Å²) in [5.41, 5.74) is 1.24. The number of carboxylic acid groups (broad SMARTS) is 1. The molecule has 0 aliphatic heterocycles. The number of thiol groups is 1. The average molecular weight is 256 g/mol. The summed E-state index contributed by atoms with van der Waals surface area (Å²) in [6.07, 6.45) is -1.45. The highest BCUT2D eigenvalue weighted by atomic mass is 32.1. The average Bonchev–Trinajstić information content (AvgIpc) is 2.28. The van der Waals surface area contributed by atoms with Gasteiger partial charge in [0.25, 0.3) is 0 Å². The molecule has 17 heavy (non-hydrogen) atoms. The van der Waals surface area contributed by atoms with E-state index in [2.05, 4.69) is 12.6 Å². The summed E-state index contributed by atoms with van der Waals surface area (Å²) < 4.78 is 0. The number of hydrogen-bond acceptors (Lipinski definition) is 4. The number of hydrogen-bond donors (Lipinski definition) is 4. The first-order valence-electron chi connectivity index (χ1n) is 5.32. The van der Waals surface area contributed by atoms with Crippen LogP contribution in [-0.4, -0.2) is 33.1 Å². The van der Waals surface area contributed by atoms with E-state index < -0.39 is 18.2 Å². The van der Waals surface area contributed by atoms with Crippen molar-refractivity contribution in [1.82, 2.24) is 0 Å². The largest absolute Gasteiger partial charge is 0.481 e. The molecule has 0 spiro atoms. The highest BCUT2D eigenvalue weighted by Gasteiger charge is 2.17. The van der Waals surface area contributed by atoms with Gasteiger partial charge in [-0.1, -0.05) is 24.3 Å². The zero-order valence-electron chi connectivity index (χ0n) is 9.28. The fourth-order valence-electron chi connectivity index (χ4n) is 1.52. The maximum absolute atomic E-state index is 10.5. The quantitative estimate of drug-likeness (QED) is 0.573. The normalized spacial score (nSPS) is 14.3. The van der Waals surface area contributed by atoms with Crippen molar-refractivity contribution in [3.63, 3.8) is 0 Å². The molecule has 1 rings (SSSR count). The Morgan fingerprint density at radius 2 is 1.82 bits per heavy atom. The Labute approximate surface area is 105 Å². The van der Waals surface area contributed by atoms with Crippen LogP contribution in [0.1, 0.15) is 23.7 Å². The molecule has 0 saturated carbocycles. The number of aliphatic carboxylic acids is 1. The van der Waals surface area contributed by atoms with Crippen molar-refractivity contribution < 1.29 is 20.1 Å². The first kappa shape index (κ1) is 14.0. The Balaban J connectivity index is 2.69. The van der Waals surface area contributed by atoms with Crippen LogP contribution in [0, 0.1) is 0 Å². The first-order valence-corrected chi connectivity index (χ1v) is 5.95. The van der Waals surface area contributed by atoms with Gasteiger partial charge in [0.15, 0.2) is 0 Å². The number of carbonyl (C=O) groups is 1. The molecule has 0 radical (unpaired) electrons. The van der Waals surface area contributed by atoms with Crippen molar-refractivity contribution in [2.24, 2.45) is 0 Å². The minimum Gasteiger partial charge on any atom is -0.481 e. The molecule has 0 bridgehead atoms. The summed E-state index contributed by atoms with van der Waals surface area (Å²) in [5, 5.41) is 28.0. The highest BCUT2D eigenvalue weighted by molar-refractivity contribution is 7.80. The predicted molar refractivity (Wildman–Crippen MR) is 67.2 cm³/mol. The molecule has 1 aromatic carbocycles. The van der Waals surface area contributed by atoms with Crippen LogP contribution in [-0.2, 0) is 11.2 Å². The number of carboxylic acids is 1. The summed E-state index contributed by atoms with van der Waals surface area (Å²) >= 11 is 3.98. The van der Waals surface area contributed by atoms with Crippen LogP contribution in [0.3, 0.4) is 0 Å². The molecule has 0 heterocycles. The monoisotopic (exact) mass is 256 g/mol. The lowest BCUT2D eigenvalue weighted by Crippen LogP contribution is -2.18. The fraction of sp³-hybridized carbons (Fsp3) is 0.417. The van der Waals surface area contributed by atoms with Gasteiger partial charge in [0.05, 0.1) is 12.5 Å². The van der Waals surface area contributed by atoms with Crippen molar-refractivity contribution in [2.75, 3.05) is 5.75 Å². The zero-order chi connectivity index (χ0) is 12.8. The van der Waals surface area contributed by atoms with Gasteiger partial charge in [-0.25, -0.2) is 0 Å². The molecule has 0 saturated heterocycles. The Morgan fingerprint density at radius 1 is 1.24 bits per heavy atom. The molecule has 1 aromatic rings. The third-order valence-corrected chi connectivity index (χ3v) is 2.72. The minimum absolute atomic E-state index is 0.0461. The van der Waals surface area contributed by atoms with Crippen LogP contribution in [0.4, 0.5) is 0 Å². The molecule has 0 fully saturated rings. The second kappa shape index (κ2) is 6.64. The van der Waals surface area contributed by atoms with E-state index in [4.69, 9.17) is 5.11 Å². The van der Waals surface area contributed by atoms with Gasteiger partial charge in [-0.3, -0.25) is 4.79 Å². The van der Waals surface area contributed by atoms with E-state index >= 15 is 0 Å². The van der Waals surface area contributed by atoms with Crippen LogP contribution in [0.25, 0.3) is 0 Å². The van der Waals surface area contributed by atoms with E-state index in [9.17, 15) is 15.0 Å². The third kappa shape index (κ3) is 4.38. The molecule has 0 aliphatic carbocycles. The molecule has 0 amide bonds. The lowest BCUT2D eigenvalue weighted by atomic mass is 10.0. The summed E-state index contributed by atoms with van der Waals surface area (Å²) in [7, 11) is 0. The fourth-order valence-corrected chi connectivity index (χ4v) is 1.78. The van der Waals surface area contributed by atoms with Gasteiger partial charge in [-0.2, -0.15) is 12.6 Å². The molecule has 3 N–H and O–H groups in total. The van der Waals surface area contributed by atoms with Crippen molar-refractivity contribution in [2.45, 2.75) is 25.0 Å². The lowest BCUT2D eigenvalue weighted by Gasteiger charge is -2.17. The molecule has 2 unspecified atom stereocenters. The Morgan fingerprint density at radius 3 is 2.29 bits per heavy atom. The minimum atomic E-state index is -0.957. The number of benzene rings is 1. The third-order valence-electron chi connectivity index (χ3n) is 2.47. The predicted octanol–water partition coefficient (Wildman–Crippen LogP) is 1.03. The number of aliphatic hydroxyl groups is 2. The summed E-state index contributed by atoms with van der Waals surface area (Å²) in [5.74, 6) is -0.400. The molecular formula is C12H16O4S. The van der Waals surface area contributed by atoms with Crippen molar-refractivity contribution in [1.29, 1.82) is 0 Å². The van der Waals surface area contributed by atoms with Crippen molar-refractivity contribution in [3.05, 3.63) is 35.4 Å². The van der Waals surface area contributed by atoms with Crippen LogP contribution < -0.4 is 0 Å². The second-order valence-corrected chi connectivity index (χ2v) is 4.28. The highest BCUT2D eigenvalue weighted by Crippen LogP contribution is 2.19. The molecule has 0 aromatic heterocycles. The van der Waals surface area contributed by atoms with E-state index in [-0.39, 0.29) is 6.42 Å². The molecule has 0 aliphatic rings. The summed E-state index contributed by atoms with van der Waals surface area (Å²) in [4.78, 5) is 10.5. The molecular weight excluding hydrogens is 240 g/mol. The maximum Gasteiger partial charge on any atom is 0.307 e. The van der Waals surface area contributed by atoms with Crippen LogP contribution in [0.2, 0.25) is 0 Å². The van der Waals surface area contributed by atoms with Gasteiger partial charge in [-0.15, -0.1) is 0 Å². The van der Waals surface area contributed by atoms with Crippen LogP contribution in [0.15, 0.2) is 24.3 Å². The van der Waals surface area contributed by atoms with Gasteiger partial charge in [0, 0.05) is 0 Å². The van der Waals surface area contributed by atoms with Gasteiger partial charge in [0.2, 0.25) is 0 Å². The van der Waals surface area contributed by atoms with Crippen molar-refractivity contribution >= 4 is 18.6 Å². The first-order chi connectivity index (χ1) is 8.04. The van der Waals surface area contributed by atoms with E-state index in [1.807, 2.05) is 0 Å². The van der Waals surface area contributed by atoms with E-state index in [1.54, 1.807) is 24.3 Å². The van der Waals surface area contributed by atoms with Gasteiger partial charge in [-0.05, 0) is 23.3 Å². The maximum atomic E-state index is 10.5. The van der Waals surface area contributed by atoms with Gasteiger partial charge < -0.3 is 15.3 Å². The van der Waals surface area contributed by atoms with Gasteiger partial charge in [0.1, 0.15) is 6.10 Å². The number of rotatable bonds is 6. The van der Waals surface area contributed by atoms with Crippen molar-refractivity contribution in [3.8, 4) is 0 Å². The molecule has 5 heteroatoms. The standard InChI is InChI=1S/C12H16O4S/c13-10(5-6-17)12(16)9-3-1-8(2-4-9)7-11(14)15/h1-4,10,12-13,16-17H,5-7H2,(H,14,15). The topological polar surface area (TPSA) is 77.8 Å². The summed E-state index contributed by atoms with van der Waals surface area (Å²) in [6, 6.07) is 6.54. The van der Waals surface area contributed by atoms with Gasteiger partial charge >= 0.3 is 5.97 Å². The van der Waals surface area contributed by atoms with E-state index in [0.717, 1.165) is 0 Å². The Bertz CT molecular complexity index is 363. The van der Waals surface area contributed by atoms with E-state index in [0.29, 0.717) is 23.3 Å². The smallest absolute Gasteiger partial charge is 0.307 e. The Hall–Kier alpha value is -1.04. The molecule has 4 nitrogen and oxygen atoms in total. The number of aliphatic hydroxyl groups excluding tert-OH is 2. The summed E-state index contributed by atoms with van der Waals surface area (Å²) in [6.45, 7) is 0. The van der Waals surface area contributed by atoms with Crippen LogP contribution >= 0.6 is 12.6 Å².